The van der Waals surface area contributed by atoms with Crippen LogP contribution in [-0.4, -0.2) is 11.6 Å². The number of aryl methyl sites for hydroxylation is 1. The Bertz CT molecular complexity index is 1070. The molecule has 0 unspecified atom stereocenters. The molecule has 0 saturated heterocycles. The molecule has 1 heterocycles. The van der Waals surface area contributed by atoms with E-state index in [2.05, 4.69) is 36.3 Å². The molecule has 1 aliphatic rings. The smallest absolute Gasteiger partial charge is 0.280 e. The molecule has 0 saturated carbocycles. The van der Waals surface area contributed by atoms with Crippen LogP contribution in [-0.2, 0) is 11.4 Å². The summed E-state index contributed by atoms with van der Waals surface area (Å²) in [5.41, 5.74) is 5.37. The van der Waals surface area contributed by atoms with Gasteiger partial charge in [-0.15, -0.1) is 0 Å². The lowest BCUT2D eigenvalue weighted by molar-refractivity contribution is -0.114. The average molecular weight is 382 g/mol. The number of benzene rings is 3. The Kier molecular flexibility index (Phi) is 5.25. The van der Waals surface area contributed by atoms with Crippen molar-refractivity contribution >= 4 is 23.4 Å². The van der Waals surface area contributed by atoms with Gasteiger partial charge in [0, 0.05) is 0 Å². The molecule has 4 nitrogen and oxygen atoms in total. The fourth-order valence-electron chi connectivity index (χ4n) is 3.11. The first-order chi connectivity index (χ1) is 14.1. The maximum absolute atomic E-state index is 12.8. The molecule has 0 spiro atoms. The minimum absolute atomic E-state index is 0.117. The first kappa shape index (κ1) is 18.7. The van der Waals surface area contributed by atoms with Crippen LogP contribution in [0.25, 0.3) is 6.08 Å². The second kappa shape index (κ2) is 8.15. The third-order valence-corrected chi connectivity index (χ3v) is 4.78. The van der Waals surface area contributed by atoms with Crippen LogP contribution in [0.5, 0.6) is 5.75 Å². The van der Waals surface area contributed by atoms with E-state index >= 15 is 0 Å². The van der Waals surface area contributed by atoms with E-state index in [4.69, 9.17) is 4.74 Å². The molecule has 0 N–H and O–H groups in total. The van der Waals surface area contributed by atoms with Crippen molar-refractivity contribution in [3.05, 3.63) is 101 Å². The molecule has 0 aliphatic carbocycles. The first-order valence-corrected chi connectivity index (χ1v) is 9.55. The summed E-state index contributed by atoms with van der Waals surface area (Å²) in [6.07, 6.45) is 1.87. The van der Waals surface area contributed by atoms with Gasteiger partial charge in [-0.3, -0.25) is 4.79 Å². The molecule has 1 aliphatic heterocycles. The summed E-state index contributed by atoms with van der Waals surface area (Å²) in [5.74, 6) is 0.676. The SMILES string of the molecule is CC1=NN(c2ccccc2)C(=O)C1=Cc1ccc(OCc2ccc(C)cc2)cc1. The van der Waals surface area contributed by atoms with Crippen molar-refractivity contribution in [1.82, 2.24) is 0 Å². The number of hydrogen-bond acceptors (Lipinski definition) is 3. The number of para-hydroxylation sites is 1. The van der Waals surface area contributed by atoms with Crippen molar-refractivity contribution in [3.63, 3.8) is 0 Å². The van der Waals surface area contributed by atoms with Gasteiger partial charge in [0.2, 0.25) is 0 Å². The Hall–Kier alpha value is -3.66. The molecule has 0 aromatic heterocycles. The summed E-state index contributed by atoms with van der Waals surface area (Å²) in [6, 6.07) is 25.5. The highest BCUT2D eigenvalue weighted by Gasteiger charge is 2.28. The Morgan fingerprint density at radius 3 is 2.28 bits per heavy atom. The number of ether oxygens (including phenoxy) is 1. The number of hydrogen-bond donors (Lipinski definition) is 0. The van der Waals surface area contributed by atoms with Crippen LogP contribution in [0.2, 0.25) is 0 Å². The monoisotopic (exact) mass is 382 g/mol. The zero-order chi connectivity index (χ0) is 20.2. The topological polar surface area (TPSA) is 41.9 Å². The molecule has 29 heavy (non-hydrogen) atoms. The molecule has 4 rings (SSSR count). The molecule has 0 bridgehead atoms. The summed E-state index contributed by atoms with van der Waals surface area (Å²) in [6.45, 7) is 4.45. The van der Waals surface area contributed by atoms with Crippen LogP contribution in [0.3, 0.4) is 0 Å². The van der Waals surface area contributed by atoms with Gasteiger partial charge in [0.1, 0.15) is 12.4 Å². The van der Waals surface area contributed by atoms with E-state index in [1.165, 1.54) is 10.6 Å². The number of carbonyl (C=O) groups excluding carboxylic acids is 1. The summed E-state index contributed by atoms with van der Waals surface area (Å²) >= 11 is 0. The molecule has 144 valence electrons. The maximum Gasteiger partial charge on any atom is 0.280 e. The largest absolute Gasteiger partial charge is 0.489 e. The van der Waals surface area contributed by atoms with Crippen molar-refractivity contribution in [1.29, 1.82) is 0 Å². The van der Waals surface area contributed by atoms with Gasteiger partial charge >= 0.3 is 0 Å². The molecule has 1 amide bonds. The normalized spacial score (nSPS) is 15.0. The van der Waals surface area contributed by atoms with Gasteiger partial charge in [-0.2, -0.15) is 10.1 Å². The van der Waals surface area contributed by atoms with E-state index < -0.39 is 0 Å². The Balaban J connectivity index is 1.45. The lowest BCUT2D eigenvalue weighted by Gasteiger charge is -2.11. The number of carbonyl (C=O) groups is 1. The van der Waals surface area contributed by atoms with E-state index in [0.717, 1.165) is 22.6 Å². The summed E-state index contributed by atoms with van der Waals surface area (Å²) in [5, 5.41) is 5.86. The molecular formula is C25H22N2O2. The van der Waals surface area contributed by atoms with E-state index in [1.807, 2.05) is 67.6 Å². The van der Waals surface area contributed by atoms with Crippen molar-refractivity contribution in [3.8, 4) is 5.75 Å². The van der Waals surface area contributed by atoms with Gasteiger partial charge in [0.15, 0.2) is 0 Å². The van der Waals surface area contributed by atoms with Gasteiger partial charge in [0.05, 0.1) is 17.0 Å². The summed E-state index contributed by atoms with van der Waals surface area (Å²) in [7, 11) is 0. The standard InChI is InChI=1S/C25H22N2O2/c1-18-8-10-21(11-9-18)17-29-23-14-12-20(13-15-23)16-24-19(2)26-27(25(24)28)22-6-4-3-5-7-22/h3-16H,17H2,1-2H3. The van der Waals surface area contributed by atoms with E-state index in [9.17, 15) is 4.79 Å². The number of amides is 1. The number of hydrazone groups is 1. The van der Waals surface area contributed by atoms with Crippen LogP contribution < -0.4 is 9.75 Å². The third kappa shape index (κ3) is 4.27. The molecule has 0 atom stereocenters. The number of anilines is 1. The molecule has 4 heteroatoms. The average Bonchev–Trinajstić information content (AvgIpc) is 3.03. The van der Waals surface area contributed by atoms with Crippen LogP contribution in [0, 0.1) is 6.92 Å². The van der Waals surface area contributed by atoms with Crippen molar-refractivity contribution in [2.75, 3.05) is 5.01 Å². The van der Waals surface area contributed by atoms with Gasteiger partial charge in [0.25, 0.3) is 5.91 Å². The Labute approximate surface area is 170 Å². The van der Waals surface area contributed by atoms with Crippen LogP contribution in [0.1, 0.15) is 23.6 Å². The lowest BCUT2D eigenvalue weighted by Crippen LogP contribution is -2.21. The minimum Gasteiger partial charge on any atom is -0.489 e. The van der Waals surface area contributed by atoms with Gasteiger partial charge in [-0.1, -0.05) is 60.2 Å². The molecule has 0 fully saturated rings. The third-order valence-electron chi connectivity index (χ3n) is 4.78. The first-order valence-electron chi connectivity index (χ1n) is 9.55. The predicted octanol–water partition coefficient (Wildman–Crippen LogP) is 5.38. The lowest BCUT2D eigenvalue weighted by atomic mass is 10.1. The number of nitrogens with zero attached hydrogens (tertiary/aromatic N) is 2. The molecule has 3 aromatic carbocycles. The second-order valence-corrected chi connectivity index (χ2v) is 7.04. The molecular weight excluding hydrogens is 360 g/mol. The zero-order valence-electron chi connectivity index (χ0n) is 16.5. The van der Waals surface area contributed by atoms with Crippen LogP contribution >= 0.6 is 0 Å². The number of rotatable bonds is 5. The van der Waals surface area contributed by atoms with Gasteiger partial charge in [-0.25, -0.2) is 0 Å². The van der Waals surface area contributed by atoms with Crippen LogP contribution in [0.15, 0.2) is 89.5 Å². The maximum atomic E-state index is 12.8. The van der Waals surface area contributed by atoms with Crippen molar-refractivity contribution in [2.45, 2.75) is 20.5 Å². The Morgan fingerprint density at radius 2 is 1.59 bits per heavy atom. The van der Waals surface area contributed by atoms with E-state index in [0.29, 0.717) is 17.9 Å². The van der Waals surface area contributed by atoms with Crippen molar-refractivity contribution < 1.29 is 9.53 Å². The fraction of sp³-hybridized carbons (Fsp3) is 0.120. The molecule has 3 aromatic rings. The highest BCUT2D eigenvalue weighted by molar-refractivity contribution is 6.32. The zero-order valence-corrected chi connectivity index (χ0v) is 16.5. The van der Waals surface area contributed by atoms with Gasteiger partial charge in [-0.05, 0) is 55.3 Å². The second-order valence-electron chi connectivity index (χ2n) is 7.04. The van der Waals surface area contributed by atoms with E-state index in [1.54, 1.807) is 0 Å². The Morgan fingerprint density at radius 1 is 0.897 bits per heavy atom. The fourth-order valence-corrected chi connectivity index (χ4v) is 3.11. The molecule has 0 radical (unpaired) electrons. The highest BCUT2D eigenvalue weighted by atomic mass is 16.5. The highest BCUT2D eigenvalue weighted by Crippen LogP contribution is 2.25. The predicted molar refractivity (Wildman–Crippen MR) is 117 cm³/mol. The summed E-state index contributed by atoms with van der Waals surface area (Å²) < 4.78 is 5.85. The minimum atomic E-state index is -0.117. The summed E-state index contributed by atoms with van der Waals surface area (Å²) in [4.78, 5) is 12.8. The van der Waals surface area contributed by atoms with Crippen LogP contribution in [0.4, 0.5) is 5.69 Å². The van der Waals surface area contributed by atoms with E-state index in [-0.39, 0.29) is 5.91 Å². The van der Waals surface area contributed by atoms with Gasteiger partial charge < -0.3 is 4.74 Å². The van der Waals surface area contributed by atoms with Crippen molar-refractivity contribution in [2.24, 2.45) is 5.10 Å². The quantitative estimate of drug-likeness (QED) is 0.556.